The van der Waals surface area contributed by atoms with Gasteiger partial charge in [-0.05, 0) is 19.1 Å². The Kier molecular flexibility index (Phi) is 4.67. The summed E-state index contributed by atoms with van der Waals surface area (Å²) in [5.41, 5.74) is 2.04. The predicted molar refractivity (Wildman–Crippen MR) is 96.2 cm³/mol. The largest absolute Gasteiger partial charge is 0.507 e. The summed E-state index contributed by atoms with van der Waals surface area (Å²) < 4.78 is 10.5. The van der Waals surface area contributed by atoms with E-state index in [2.05, 4.69) is 5.32 Å². The highest BCUT2D eigenvalue weighted by Gasteiger charge is 2.40. The Morgan fingerprint density at radius 3 is 2.35 bits per heavy atom. The van der Waals surface area contributed by atoms with Crippen molar-refractivity contribution in [1.29, 1.82) is 0 Å². The van der Waals surface area contributed by atoms with Crippen LogP contribution in [-0.4, -0.2) is 31.0 Å². The van der Waals surface area contributed by atoms with Crippen LogP contribution in [0, 0.1) is 6.92 Å². The monoisotopic (exact) mass is 353 g/mol. The highest BCUT2D eigenvalue weighted by atomic mass is 16.5. The molecule has 2 aromatic carbocycles. The molecule has 134 valence electrons. The summed E-state index contributed by atoms with van der Waals surface area (Å²) in [5.74, 6) is -0.725. The molecule has 0 bridgehead atoms. The first-order valence-electron chi connectivity index (χ1n) is 8.03. The molecule has 0 radical (unpaired) electrons. The van der Waals surface area contributed by atoms with E-state index >= 15 is 0 Å². The molecule has 1 saturated heterocycles. The summed E-state index contributed by atoms with van der Waals surface area (Å²) in [5, 5.41) is 13.3. The first-order valence-corrected chi connectivity index (χ1v) is 8.03. The molecule has 2 N–H and O–H groups in total. The van der Waals surface area contributed by atoms with Gasteiger partial charge in [0.05, 0.1) is 25.8 Å². The Morgan fingerprint density at radius 2 is 1.73 bits per heavy atom. The quantitative estimate of drug-likeness (QED) is 0.502. The molecule has 1 aliphatic heterocycles. The van der Waals surface area contributed by atoms with Crippen LogP contribution in [0.3, 0.4) is 0 Å². The molecule has 0 aliphatic carbocycles. The number of aryl methyl sites for hydroxylation is 1. The van der Waals surface area contributed by atoms with Crippen molar-refractivity contribution >= 4 is 17.4 Å². The number of aliphatic hydroxyl groups excluding tert-OH is 1. The summed E-state index contributed by atoms with van der Waals surface area (Å²) in [6, 6.07) is 11.3. The zero-order chi connectivity index (χ0) is 18.8. The molecule has 6 nitrogen and oxygen atoms in total. The summed E-state index contributed by atoms with van der Waals surface area (Å²) in [6.45, 7) is 1.92. The lowest BCUT2D eigenvalue weighted by atomic mass is 9.95. The molecule has 0 aromatic heterocycles. The third-order valence-electron chi connectivity index (χ3n) is 4.35. The van der Waals surface area contributed by atoms with Crippen molar-refractivity contribution in [3.8, 4) is 11.5 Å². The first kappa shape index (κ1) is 17.5. The van der Waals surface area contributed by atoms with Crippen molar-refractivity contribution in [2.24, 2.45) is 0 Å². The molecule has 0 spiro atoms. The van der Waals surface area contributed by atoms with E-state index in [9.17, 15) is 14.7 Å². The van der Waals surface area contributed by atoms with Crippen LogP contribution in [-0.2, 0) is 9.59 Å². The summed E-state index contributed by atoms with van der Waals surface area (Å²) >= 11 is 0. The molecule has 3 rings (SSSR count). The fraction of sp³-hybridized carbons (Fsp3) is 0.200. The van der Waals surface area contributed by atoms with Gasteiger partial charge in [0.2, 0.25) is 0 Å². The van der Waals surface area contributed by atoms with Gasteiger partial charge in [-0.3, -0.25) is 9.59 Å². The van der Waals surface area contributed by atoms with Gasteiger partial charge >= 0.3 is 0 Å². The molecule has 0 saturated carbocycles. The van der Waals surface area contributed by atoms with E-state index in [4.69, 9.17) is 9.47 Å². The molecule has 1 amide bonds. The minimum atomic E-state index is -0.808. The Morgan fingerprint density at radius 1 is 1.04 bits per heavy atom. The molecular weight excluding hydrogens is 334 g/mol. The fourth-order valence-electron chi connectivity index (χ4n) is 2.92. The van der Waals surface area contributed by atoms with E-state index < -0.39 is 17.7 Å². The third kappa shape index (κ3) is 3.01. The maximum Gasteiger partial charge on any atom is 0.293 e. The summed E-state index contributed by atoms with van der Waals surface area (Å²) in [4.78, 5) is 24.4. The van der Waals surface area contributed by atoms with Gasteiger partial charge in [0, 0.05) is 17.2 Å². The Labute approximate surface area is 151 Å². The smallest absolute Gasteiger partial charge is 0.293 e. The number of amides is 1. The topological polar surface area (TPSA) is 84.9 Å². The number of aliphatic hydroxyl groups is 1. The molecule has 26 heavy (non-hydrogen) atoms. The minimum absolute atomic E-state index is 0.00215. The number of hydrogen-bond acceptors (Lipinski definition) is 5. The van der Waals surface area contributed by atoms with E-state index in [1.165, 1.54) is 14.2 Å². The van der Waals surface area contributed by atoms with Gasteiger partial charge in [0.15, 0.2) is 0 Å². The van der Waals surface area contributed by atoms with Crippen LogP contribution in [0.1, 0.15) is 22.7 Å². The number of carbonyl (C=O) groups is 2. The maximum atomic E-state index is 12.4. The zero-order valence-electron chi connectivity index (χ0n) is 14.7. The standard InChI is InChI=1S/C20H19NO5/c1-11-4-6-12(7-5-11)18(22)16-17(21-20(24)19(16)23)14-9-8-13(25-2)10-15(14)26-3/h4-10,17,22H,1-3H3,(H,21,24)/t17-/m1/s1. The van der Waals surface area contributed by atoms with E-state index in [1.807, 2.05) is 19.1 Å². The van der Waals surface area contributed by atoms with E-state index in [0.29, 0.717) is 22.6 Å². The van der Waals surface area contributed by atoms with Gasteiger partial charge < -0.3 is 19.9 Å². The average molecular weight is 353 g/mol. The second-order valence-corrected chi connectivity index (χ2v) is 5.97. The van der Waals surface area contributed by atoms with Crippen molar-refractivity contribution in [3.05, 3.63) is 64.7 Å². The normalized spacial score (nSPS) is 18.5. The van der Waals surface area contributed by atoms with Crippen molar-refractivity contribution in [3.63, 3.8) is 0 Å². The van der Waals surface area contributed by atoms with Crippen LogP contribution in [0.15, 0.2) is 48.0 Å². The van der Waals surface area contributed by atoms with Crippen molar-refractivity contribution in [2.45, 2.75) is 13.0 Å². The van der Waals surface area contributed by atoms with Crippen LogP contribution in [0.4, 0.5) is 0 Å². The number of benzene rings is 2. The Bertz CT molecular complexity index is 899. The van der Waals surface area contributed by atoms with E-state index in [-0.39, 0.29) is 11.3 Å². The van der Waals surface area contributed by atoms with Gasteiger partial charge in [-0.25, -0.2) is 0 Å². The van der Waals surface area contributed by atoms with Gasteiger partial charge in [-0.1, -0.05) is 29.8 Å². The van der Waals surface area contributed by atoms with Gasteiger partial charge in [-0.2, -0.15) is 0 Å². The number of methoxy groups -OCH3 is 2. The number of hydrogen-bond donors (Lipinski definition) is 2. The lowest BCUT2D eigenvalue weighted by molar-refractivity contribution is -0.133. The summed E-state index contributed by atoms with van der Waals surface area (Å²) in [7, 11) is 3.02. The van der Waals surface area contributed by atoms with Crippen LogP contribution < -0.4 is 14.8 Å². The third-order valence-corrected chi connectivity index (χ3v) is 4.35. The molecule has 2 aromatic rings. The van der Waals surface area contributed by atoms with Gasteiger partial charge in [-0.15, -0.1) is 0 Å². The van der Waals surface area contributed by atoms with Crippen LogP contribution in [0.5, 0.6) is 11.5 Å². The second kappa shape index (κ2) is 6.92. The van der Waals surface area contributed by atoms with E-state index in [1.54, 1.807) is 30.3 Å². The van der Waals surface area contributed by atoms with E-state index in [0.717, 1.165) is 5.56 Å². The summed E-state index contributed by atoms with van der Waals surface area (Å²) in [6.07, 6.45) is 0. The highest BCUT2D eigenvalue weighted by molar-refractivity contribution is 6.46. The lowest BCUT2D eigenvalue weighted by Gasteiger charge is -2.17. The van der Waals surface area contributed by atoms with Crippen LogP contribution >= 0.6 is 0 Å². The lowest BCUT2D eigenvalue weighted by Crippen LogP contribution is -2.21. The SMILES string of the molecule is COc1ccc([C@H]2NC(=O)C(=O)C2=C(O)c2ccc(C)cc2)c(OC)c1. The number of carbonyl (C=O) groups excluding carboxylic acids is 2. The van der Waals surface area contributed by atoms with Gasteiger partial charge in [0.1, 0.15) is 17.3 Å². The molecule has 6 heteroatoms. The fourth-order valence-corrected chi connectivity index (χ4v) is 2.92. The Balaban J connectivity index is 2.14. The molecule has 0 unspecified atom stereocenters. The first-order chi connectivity index (χ1) is 12.5. The second-order valence-electron chi connectivity index (χ2n) is 5.97. The number of ether oxygens (including phenoxy) is 2. The molecule has 1 heterocycles. The molecular formula is C20H19NO5. The van der Waals surface area contributed by atoms with Crippen molar-refractivity contribution in [1.82, 2.24) is 5.32 Å². The highest BCUT2D eigenvalue weighted by Crippen LogP contribution is 2.38. The number of rotatable bonds is 4. The maximum absolute atomic E-state index is 12.4. The molecule has 1 atom stereocenters. The predicted octanol–water partition coefficient (Wildman–Crippen LogP) is 2.72. The van der Waals surface area contributed by atoms with Crippen molar-refractivity contribution < 1.29 is 24.2 Å². The molecule has 1 fully saturated rings. The van der Waals surface area contributed by atoms with Gasteiger partial charge in [0.25, 0.3) is 11.7 Å². The zero-order valence-corrected chi connectivity index (χ0v) is 14.7. The van der Waals surface area contributed by atoms with Crippen LogP contribution in [0.25, 0.3) is 5.76 Å². The molecule has 1 aliphatic rings. The Hall–Kier alpha value is -3.28. The van der Waals surface area contributed by atoms with Crippen LogP contribution in [0.2, 0.25) is 0 Å². The minimum Gasteiger partial charge on any atom is -0.507 e. The average Bonchev–Trinajstić information content (AvgIpc) is 2.95. The number of nitrogens with one attached hydrogen (secondary N) is 1. The number of ketones is 1. The van der Waals surface area contributed by atoms with Crippen molar-refractivity contribution in [2.75, 3.05) is 14.2 Å². The number of Topliss-reactive ketones (excluding diaryl/α,β-unsaturated/α-hetero) is 1.